The van der Waals surface area contributed by atoms with Crippen LogP contribution in [-0.4, -0.2) is 69.5 Å². The first-order chi connectivity index (χ1) is 18.0. The number of fused-ring (bicyclic) bond motifs is 1. The molecule has 0 fully saturated rings. The number of ether oxygens (including phenoxy) is 3. The molecule has 1 aromatic heterocycles. The van der Waals surface area contributed by atoms with Gasteiger partial charge in [0.1, 0.15) is 17.2 Å². The number of rotatable bonds is 15. The molecule has 1 atom stereocenters. The van der Waals surface area contributed by atoms with Crippen molar-refractivity contribution in [2.75, 3.05) is 58.5 Å². The fraction of sp³-hybridized carbons (Fsp3) is 0.464. The van der Waals surface area contributed by atoms with Crippen LogP contribution in [0.3, 0.4) is 0 Å². The summed E-state index contributed by atoms with van der Waals surface area (Å²) in [6.45, 7) is 10.4. The highest BCUT2D eigenvalue weighted by molar-refractivity contribution is 5.94. The van der Waals surface area contributed by atoms with Crippen LogP contribution in [0.4, 0.5) is 11.4 Å². The maximum atomic E-state index is 12.7. The first-order valence-electron chi connectivity index (χ1n) is 12.8. The molecule has 37 heavy (non-hydrogen) atoms. The van der Waals surface area contributed by atoms with E-state index in [1.807, 2.05) is 43.3 Å². The normalized spacial score (nSPS) is 11.8. The molecule has 0 saturated heterocycles. The molecule has 0 spiro atoms. The van der Waals surface area contributed by atoms with Crippen LogP contribution in [0.15, 0.2) is 42.6 Å². The molecule has 0 aliphatic carbocycles. The lowest BCUT2D eigenvalue weighted by Gasteiger charge is -2.28. The zero-order valence-electron chi connectivity index (χ0n) is 22.5. The van der Waals surface area contributed by atoms with Crippen LogP contribution in [0.25, 0.3) is 11.0 Å². The van der Waals surface area contributed by atoms with Crippen molar-refractivity contribution in [2.24, 2.45) is 5.92 Å². The van der Waals surface area contributed by atoms with Crippen LogP contribution in [0.2, 0.25) is 0 Å². The molecule has 1 unspecified atom stereocenters. The second kappa shape index (κ2) is 14.3. The predicted octanol–water partition coefficient (Wildman–Crippen LogP) is 4.19. The Morgan fingerprint density at radius 3 is 2.41 bits per heavy atom. The fourth-order valence-electron chi connectivity index (χ4n) is 3.79. The summed E-state index contributed by atoms with van der Waals surface area (Å²) < 4.78 is 16.3. The van der Waals surface area contributed by atoms with Gasteiger partial charge in [-0.25, -0.2) is 4.98 Å². The van der Waals surface area contributed by atoms with Gasteiger partial charge in [0, 0.05) is 62.4 Å². The van der Waals surface area contributed by atoms with E-state index in [-0.39, 0.29) is 11.6 Å². The summed E-state index contributed by atoms with van der Waals surface area (Å²) in [5.74, 6) is 1.63. The summed E-state index contributed by atoms with van der Waals surface area (Å²) >= 11 is 0. The minimum Gasteiger partial charge on any atom is -0.497 e. The number of hydrogen-bond donors (Lipinski definition) is 2. The van der Waals surface area contributed by atoms with Gasteiger partial charge in [-0.1, -0.05) is 20.3 Å². The average molecular weight is 510 g/mol. The summed E-state index contributed by atoms with van der Waals surface area (Å²) in [7, 11) is 3.29. The van der Waals surface area contributed by atoms with Crippen molar-refractivity contribution in [2.45, 2.75) is 27.2 Å². The Morgan fingerprint density at radius 1 is 0.973 bits per heavy atom. The SMILES string of the molecule is CCOCCNCCNC(=O)c1cnc2ccc(N(CC(C)CC)c3cc(OC)cc(OC)c3)cc2n1. The van der Waals surface area contributed by atoms with Crippen molar-refractivity contribution >= 4 is 28.3 Å². The van der Waals surface area contributed by atoms with Gasteiger partial charge in [0.05, 0.1) is 38.1 Å². The van der Waals surface area contributed by atoms with E-state index >= 15 is 0 Å². The topological polar surface area (TPSA) is 97.8 Å². The van der Waals surface area contributed by atoms with Gasteiger partial charge < -0.3 is 29.7 Å². The monoisotopic (exact) mass is 509 g/mol. The second-order valence-corrected chi connectivity index (χ2v) is 8.83. The Hall–Kier alpha value is -3.43. The molecular formula is C28H39N5O4. The first kappa shape index (κ1) is 28.1. The summed E-state index contributed by atoms with van der Waals surface area (Å²) in [5, 5.41) is 6.12. The largest absolute Gasteiger partial charge is 0.497 e. The average Bonchev–Trinajstić information content (AvgIpc) is 2.94. The molecule has 9 nitrogen and oxygen atoms in total. The van der Waals surface area contributed by atoms with Gasteiger partial charge in [-0.3, -0.25) is 9.78 Å². The molecule has 200 valence electrons. The standard InChI is InChI=1S/C28H39N5O4/c1-6-20(3)19-33(22-14-23(35-4)17-24(15-22)36-5)21-8-9-25-26(16-21)32-27(18-31-25)28(34)30-11-10-29-12-13-37-7-2/h8-9,14-18,20,29H,6-7,10-13,19H2,1-5H3,(H,30,34). The van der Waals surface area contributed by atoms with E-state index in [1.54, 1.807) is 14.2 Å². The van der Waals surface area contributed by atoms with E-state index in [0.29, 0.717) is 37.7 Å². The first-order valence-corrected chi connectivity index (χ1v) is 12.8. The third kappa shape index (κ3) is 8.03. The van der Waals surface area contributed by atoms with E-state index in [9.17, 15) is 4.79 Å². The third-order valence-electron chi connectivity index (χ3n) is 6.12. The number of carbonyl (C=O) groups is 1. The van der Waals surface area contributed by atoms with Crippen LogP contribution in [0.1, 0.15) is 37.7 Å². The molecule has 2 N–H and O–H groups in total. The Morgan fingerprint density at radius 2 is 1.73 bits per heavy atom. The molecule has 1 heterocycles. The highest BCUT2D eigenvalue weighted by Crippen LogP contribution is 2.34. The number of carbonyl (C=O) groups excluding carboxylic acids is 1. The Bertz CT molecular complexity index is 1130. The summed E-state index contributed by atoms with van der Waals surface area (Å²) in [4.78, 5) is 24.0. The zero-order valence-corrected chi connectivity index (χ0v) is 22.5. The molecule has 3 rings (SSSR count). The van der Waals surface area contributed by atoms with Gasteiger partial charge in [-0.15, -0.1) is 0 Å². The number of methoxy groups -OCH3 is 2. The van der Waals surface area contributed by atoms with Crippen LogP contribution in [0.5, 0.6) is 11.5 Å². The lowest BCUT2D eigenvalue weighted by atomic mass is 10.1. The fourth-order valence-corrected chi connectivity index (χ4v) is 3.79. The van der Waals surface area contributed by atoms with Crippen LogP contribution < -0.4 is 25.0 Å². The summed E-state index contributed by atoms with van der Waals surface area (Å²) in [5.41, 5.74) is 3.58. The molecule has 3 aromatic rings. The minimum atomic E-state index is -0.250. The molecule has 0 aliphatic rings. The van der Waals surface area contributed by atoms with Crippen molar-refractivity contribution in [1.82, 2.24) is 20.6 Å². The second-order valence-electron chi connectivity index (χ2n) is 8.83. The molecule has 2 aromatic carbocycles. The Labute approximate surface area is 219 Å². The van der Waals surface area contributed by atoms with Gasteiger partial charge >= 0.3 is 0 Å². The number of nitrogens with one attached hydrogen (secondary N) is 2. The maximum absolute atomic E-state index is 12.7. The van der Waals surface area contributed by atoms with Crippen molar-refractivity contribution in [1.29, 1.82) is 0 Å². The number of amides is 1. The molecule has 1 amide bonds. The van der Waals surface area contributed by atoms with E-state index in [1.165, 1.54) is 6.20 Å². The highest BCUT2D eigenvalue weighted by Gasteiger charge is 2.17. The number of nitrogens with zero attached hydrogens (tertiary/aromatic N) is 3. The van der Waals surface area contributed by atoms with Gasteiger partial charge in [-0.05, 0) is 31.0 Å². The van der Waals surface area contributed by atoms with Gasteiger partial charge in [-0.2, -0.15) is 0 Å². The molecule has 0 radical (unpaired) electrons. The van der Waals surface area contributed by atoms with Gasteiger partial charge in [0.2, 0.25) is 0 Å². The van der Waals surface area contributed by atoms with Crippen molar-refractivity contribution in [3.05, 3.63) is 48.3 Å². The van der Waals surface area contributed by atoms with E-state index in [4.69, 9.17) is 14.2 Å². The van der Waals surface area contributed by atoms with E-state index in [0.717, 1.165) is 47.9 Å². The van der Waals surface area contributed by atoms with E-state index < -0.39 is 0 Å². The minimum absolute atomic E-state index is 0.250. The summed E-state index contributed by atoms with van der Waals surface area (Å²) in [6.07, 6.45) is 2.56. The quantitative estimate of drug-likeness (QED) is 0.295. The lowest BCUT2D eigenvalue weighted by molar-refractivity contribution is 0.0948. The smallest absolute Gasteiger partial charge is 0.271 e. The van der Waals surface area contributed by atoms with Crippen molar-refractivity contribution < 1.29 is 19.0 Å². The molecular weight excluding hydrogens is 470 g/mol. The number of benzene rings is 2. The van der Waals surface area contributed by atoms with Crippen LogP contribution in [0, 0.1) is 5.92 Å². The molecule has 9 heteroatoms. The van der Waals surface area contributed by atoms with Gasteiger partial charge in [0.25, 0.3) is 5.91 Å². The van der Waals surface area contributed by atoms with E-state index in [2.05, 4.69) is 39.3 Å². The number of anilines is 2. The Balaban J connectivity index is 1.83. The van der Waals surface area contributed by atoms with Crippen molar-refractivity contribution in [3.63, 3.8) is 0 Å². The number of aromatic nitrogens is 2. The molecule has 0 aliphatic heterocycles. The third-order valence-corrected chi connectivity index (χ3v) is 6.12. The maximum Gasteiger partial charge on any atom is 0.271 e. The summed E-state index contributed by atoms with van der Waals surface area (Å²) in [6, 6.07) is 11.8. The van der Waals surface area contributed by atoms with Crippen molar-refractivity contribution in [3.8, 4) is 11.5 Å². The Kier molecular flexibility index (Phi) is 10.9. The number of hydrogen-bond acceptors (Lipinski definition) is 8. The van der Waals surface area contributed by atoms with Gasteiger partial charge in [0.15, 0.2) is 0 Å². The molecule has 0 saturated carbocycles. The lowest BCUT2D eigenvalue weighted by Crippen LogP contribution is -2.33. The van der Waals surface area contributed by atoms with Crippen LogP contribution >= 0.6 is 0 Å². The highest BCUT2D eigenvalue weighted by atomic mass is 16.5. The van der Waals surface area contributed by atoms with Crippen LogP contribution in [-0.2, 0) is 4.74 Å². The zero-order chi connectivity index (χ0) is 26.6. The molecule has 0 bridgehead atoms. The predicted molar refractivity (Wildman–Crippen MR) is 147 cm³/mol.